The van der Waals surface area contributed by atoms with Gasteiger partial charge in [0.1, 0.15) is 0 Å². The largest absolute Gasteiger partial charge is 0.383 e. The average Bonchev–Trinajstić information content (AvgIpc) is 3.23. The highest BCUT2D eigenvalue weighted by Gasteiger charge is 2.37. The van der Waals surface area contributed by atoms with Gasteiger partial charge in [-0.2, -0.15) is 5.10 Å². The van der Waals surface area contributed by atoms with Crippen molar-refractivity contribution in [2.75, 3.05) is 31.7 Å². The van der Waals surface area contributed by atoms with Gasteiger partial charge in [0.2, 0.25) is 0 Å². The van der Waals surface area contributed by atoms with Crippen LogP contribution in [0, 0.1) is 5.92 Å². The van der Waals surface area contributed by atoms with Crippen LogP contribution in [0.25, 0.3) is 0 Å². The van der Waals surface area contributed by atoms with E-state index in [0.717, 1.165) is 25.6 Å². The second-order valence-corrected chi connectivity index (χ2v) is 6.02. The lowest BCUT2D eigenvalue weighted by Gasteiger charge is -2.41. The predicted molar refractivity (Wildman–Crippen MR) is 80.0 cm³/mol. The summed E-state index contributed by atoms with van der Waals surface area (Å²) in [7, 11) is 1.73. The molecule has 2 fully saturated rings. The van der Waals surface area contributed by atoms with Crippen molar-refractivity contribution in [3.05, 3.63) is 12.4 Å². The third-order valence-electron chi connectivity index (χ3n) is 4.59. The Morgan fingerprint density at radius 3 is 3.00 bits per heavy atom. The van der Waals surface area contributed by atoms with Gasteiger partial charge in [-0.25, -0.2) is 0 Å². The standard InChI is InChI=1S/C15H26N4O/c1-3-13-8-16-15(12-4-5-12)11-19(13)14-9-17-18(10-14)6-7-20-2/h9-10,12-13,15-16H,3-8,11H2,1-2H3. The summed E-state index contributed by atoms with van der Waals surface area (Å²) in [6, 6.07) is 1.25. The molecule has 2 atom stereocenters. The summed E-state index contributed by atoms with van der Waals surface area (Å²) in [6.45, 7) is 6.03. The Kier molecular flexibility index (Phi) is 4.27. The number of hydrogen-bond acceptors (Lipinski definition) is 4. The molecule has 1 aliphatic heterocycles. The molecule has 20 heavy (non-hydrogen) atoms. The topological polar surface area (TPSA) is 42.3 Å². The lowest BCUT2D eigenvalue weighted by molar-refractivity contribution is 0.183. The molecular formula is C15H26N4O. The van der Waals surface area contributed by atoms with Gasteiger partial charge in [-0.3, -0.25) is 4.68 Å². The van der Waals surface area contributed by atoms with Crippen molar-refractivity contribution >= 4 is 5.69 Å². The summed E-state index contributed by atoms with van der Waals surface area (Å²) in [5, 5.41) is 8.19. The number of rotatable bonds is 6. The monoisotopic (exact) mass is 278 g/mol. The minimum absolute atomic E-state index is 0.588. The first kappa shape index (κ1) is 13.9. The third-order valence-corrected chi connectivity index (χ3v) is 4.59. The fourth-order valence-corrected chi connectivity index (χ4v) is 3.13. The number of hydrogen-bond donors (Lipinski definition) is 1. The van der Waals surface area contributed by atoms with Gasteiger partial charge in [0.05, 0.1) is 25.0 Å². The summed E-state index contributed by atoms with van der Waals surface area (Å²) >= 11 is 0. The number of aromatic nitrogens is 2. The van der Waals surface area contributed by atoms with Gasteiger partial charge in [0.15, 0.2) is 0 Å². The Balaban J connectivity index is 1.69. The highest BCUT2D eigenvalue weighted by molar-refractivity contribution is 5.45. The van der Waals surface area contributed by atoms with Crippen LogP contribution in [-0.2, 0) is 11.3 Å². The first-order valence-electron chi connectivity index (χ1n) is 7.83. The number of nitrogens with zero attached hydrogens (tertiary/aromatic N) is 3. The van der Waals surface area contributed by atoms with Gasteiger partial charge in [-0.05, 0) is 25.2 Å². The Morgan fingerprint density at radius 1 is 1.45 bits per heavy atom. The third kappa shape index (κ3) is 2.99. The number of anilines is 1. The van der Waals surface area contributed by atoms with Crippen LogP contribution in [0.4, 0.5) is 5.69 Å². The van der Waals surface area contributed by atoms with Crippen molar-refractivity contribution in [2.24, 2.45) is 5.92 Å². The quantitative estimate of drug-likeness (QED) is 0.856. The summed E-state index contributed by atoms with van der Waals surface area (Å²) in [4.78, 5) is 2.55. The van der Waals surface area contributed by atoms with E-state index in [2.05, 4.69) is 28.4 Å². The van der Waals surface area contributed by atoms with E-state index in [4.69, 9.17) is 4.74 Å². The first-order valence-corrected chi connectivity index (χ1v) is 7.83. The molecule has 1 aromatic rings. The van der Waals surface area contributed by atoms with Crippen molar-refractivity contribution < 1.29 is 4.74 Å². The van der Waals surface area contributed by atoms with Crippen molar-refractivity contribution in [1.82, 2.24) is 15.1 Å². The number of piperazine rings is 1. The van der Waals surface area contributed by atoms with Crippen LogP contribution in [0.2, 0.25) is 0 Å². The summed E-state index contributed by atoms with van der Waals surface area (Å²) in [5.74, 6) is 0.902. The van der Waals surface area contributed by atoms with Crippen LogP contribution in [0.1, 0.15) is 26.2 Å². The van der Waals surface area contributed by atoms with Gasteiger partial charge in [-0.1, -0.05) is 6.92 Å². The van der Waals surface area contributed by atoms with E-state index in [1.54, 1.807) is 7.11 Å². The average molecular weight is 278 g/mol. The van der Waals surface area contributed by atoms with E-state index in [9.17, 15) is 0 Å². The Morgan fingerprint density at radius 2 is 2.30 bits per heavy atom. The molecule has 112 valence electrons. The highest BCUT2D eigenvalue weighted by Crippen LogP contribution is 2.35. The molecule has 2 aliphatic rings. The zero-order valence-electron chi connectivity index (χ0n) is 12.6. The van der Waals surface area contributed by atoms with Gasteiger partial charge < -0.3 is 15.0 Å². The van der Waals surface area contributed by atoms with Gasteiger partial charge >= 0.3 is 0 Å². The zero-order valence-corrected chi connectivity index (χ0v) is 12.6. The zero-order chi connectivity index (χ0) is 13.9. The Hall–Kier alpha value is -1.07. The Labute approximate surface area is 121 Å². The van der Waals surface area contributed by atoms with Crippen molar-refractivity contribution in [3.8, 4) is 0 Å². The lowest BCUT2D eigenvalue weighted by Crippen LogP contribution is -2.57. The van der Waals surface area contributed by atoms with E-state index >= 15 is 0 Å². The molecule has 2 heterocycles. The van der Waals surface area contributed by atoms with E-state index in [1.165, 1.54) is 24.9 Å². The summed E-state index contributed by atoms with van der Waals surface area (Å²) in [6.07, 6.45) is 8.14. The number of ether oxygens (including phenoxy) is 1. The van der Waals surface area contributed by atoms with Crippen LogP contribution in [0.5, 0.6) is 0 Å². The van der Waals surface area contributed by atoms with Crippen LogP contribution in [0.15, 0.2) is 12.4 Å². The maximum Gasteiger partial charge on any atom is 0.0756 e. The van der Waals surface area contributed by atoms with Gasteiger partial charge in [0.25, 0.3) is 0 Å². The molecule has 1 saturated heterocycles. The van der Waals surface area contributed by atoms with Crippen LogP contribution in [-0.4, -0.2) is 48.7 Å². The summed E-state index contributed by atoms with van der Waals surface area (Å²) in [5.41, 5.74) is 1.26. The minimum atomic E-state index is 0.588. The fourth-order valence-electron chi connectivity index (χ4n) is 3.13. The maximum atomic E-state index is 5.12. The summed E-state index contributed by atoms with van der Waals surface area (Å²) < 4.78 is 7.10. The SMILES string of the molecule is CCC1CNC(C2CC2)CN1c1cnn(CCOC)c1. The highest BCUT2D eigenvalue weighted by atomic mass is 16.5. The lowest BCUT2D eigenvalue weighted by atomic mass is 10.0. The molecule has 0 aromatic carbocycles. The smallest absolute Gasteiger partial charge is 0.0756 e. The van der Waals surface area contributed by atoms with Gasteiger partial charge in [0, 0.05) is 38.5 Å². The molecule has 2 unspecified atom stereocenters. The molecule has 0 amide bonds. The molecular weight excluding hydrogens is 252 g/mol. The van der Waals surface area contributed by atoms with Crippen molar-refractivity contribution in [1.29, 1.82) is 0 Å². The van der Waals surface area contributed by atoms with E-state index in [-0.39, 0.29) is 0 Å². The fraction of sp³-hybridized carbons (Fsp3) is 0.800. The van der Waals surface area contributed by atoms with E-state index < -0.39 is 0 Å². The van der Waals surface area contributed by atoms with Crippen molar-refractivity contribution in [3.63, 3.8) is 0 Å². The maximum absolute atomic E-state index is 5.12. The van der Waals surface area contributed by atoms with Crippen LogP contribution >= 0.6 is 0 Å². The molecule has 1 aliphatic carbocycles. The molecule has 1 N–H and O–H groups in total. The first-order chi connectivity index (χ1) is 9.81. The molecule has 1 saturated carbocycles. The predicted octanol–water partition coefficient (Wildman–Crippen LogP) is 1.50. The van der Waals surface area contributed by atoms with Crippen LogP contribution in [0.3, 0.4) is 0 Å². The number of methoxy groups -OCH3 is 1. The van der Waals surface area contributed by atoms with Gasteiger partial charge in [-0.15, -0.1) is 0 Å². The molecule has 0 radical (unpaired) electrons. The molecule has 0 bridgehead atoms. The molecule has 5 heteroatoms. The van der Waals surface area contributed by atoms with Crippen molar-refractivity contribution in [2.45, 2.75) is 44.8 Å². The molecule has 5 nitrogen and oxygen atoms in total. The normalized spacial score (nSPS) is 27.0. The molecule has 1 aromatic heterocycles. The second-order valence-electron chi connectivity index (χ2n) is 6.02. The number of nitrogens with one attached hydrogen (secondary N) is 1. The minimum Gasteiger partial charge on any atom is -0.383 e. The van der Waals surface area contributed by atoms with E-state index in [0.29, 0.717) is 18.7 Å². The van der Waals surface area contributed by atoms with Crippen LogP contribution < -0.4 is 10.2 Å². The Bertz CT molecular complexity index is 429. The molecule has 3 rings (SSSR count). The molecule has 0 spiro atoms. The van der Waals surface area contributed by atoms with E-state index in [1.807, 2.05) is 10.9 Å². The second kappa shape index (κ2) is 6.14.